The molecule has 0 fully saturated rings. The number of benzene rings is 2. The van der Waals surface area contributed by atoms with Crippen LogP contribution in [0.4, 0.5) is 4.39 Å². The highest BCUT2D eigenvalue weighted by Gasteiger charge is 2.19. The Morgan fingerprint density at radius 2 is 1.86 bits per heavy atom. The third-order valence-corrected chi connectivity index (χ3v) is 4.74. The molecular weight excluding hydrogens is 361 g/mol. The molecule has 0 saturated heterocycles. The van der Waals surface area contributed by atoms with Gasteiger partial charge in [-0.3, -0.25) is 4.79 Å². The molecule has 1 aliphatic heterocycles. The Kier molecular flexibility index (Phi) is 4.73. The van der Waals surface area contributed by atoms with Gasteiger partial charge in [-0.05, 0) is 56.3 Å². The number of aromatic nitrogens is 2. The molecular formula is C21H20FN3O3. The molecule has 1 amide bonds. The van der Waals surface area contributed by atoms with Crippen molar-refractivity contribution in [2.24, 2.45) is 0 Å². The van der Waals surface area contributed by atoms with Crippen LogP contribution in [-0.2, 0) is 0 Å². The topological polar surface area (TPSA) is 65.4 Å². The number of rotatable bonds is 4. The molecule has 7 heteroatoms. The Morgan fingerprint density at radius 3 is 2.61 bits per heavy atom. The van der Waals surface area contributed by atoms with E-state index in [1.54, 1.807) is 41.2 Å². The fourth-order valence-corrected chi connectivity index (χ4v) is 3.23. The van der Waals surface area contributed by atoms with Gasteiger partial charge in [0.25, 0.3) is 5.91 Å². The van der Waals surface area contributed by atoms with Gasteiger partial charge in [0.1, 0.15) is 19.0 Å². The van der Waals surface area contributed by atoms with Crippen LogP contribution in [0, 0.1) is 12.7 Å². The Hall–Kier alpha value is -3.35. The van der Waals surface area contributed by atoms with Crippen LogP contribution in [0.3, 0.4) is 0 Å². The van der Waals surface area contributed by atoms with Crippen molar-refractivity contribution in [2.75, 3.05) is 13.2 Å². The summed E-state index contributed by atoms with van der Waals surface area (Å²) in [6.07, 6.45) is 1.72. The van der Waals surface area contributed by atoms with E-state index >= 15 is 0 Å². The minimum absolute atomic E-state index is 0.210. The predicted molar refractivity (Wildman–Crippen MR) is 102 cm³/mol. The van der Waals surface area contributed by atoms with Crippen LogP contribution < -0.4 is 14.8 Å². The van der Waals surface area contributed by atoms with E-state index in [1.165, 1.54) is 12.1 Å². The fraction of sp³-hybridized carbons (Fsp3) is 0.238. The number of carbonyl (C=O) groups is 1. The van der Waals surface area contributed by atoms with E-state index in [1.807, 2.05) is 13.8 Å². The molecule has 1 aromatic heterocycles. The molecule has 1 N–H and O–H groups in total. The largest absolute Gasteiger partial charge is 0.486 e. The van der Waals surface area contributed by atoms with Gasteiger partial charge in [0, 0.05) is 16.8 Å². The second-order valence-corrected chi connectivity index (χ2v) is 6.63. The predicted octanol–water partition coefficient (Wildman–Crippen LogP) is 3.58. The third kappa shape index (κ3) is 3.43. The zero-order valence-corrected chi connectivity index (χ0v) is 15.6. The normalized spacial score (nSPS) is 13.8. The number of hydrogen-bond acceptors (Lipinski definition) is 4. The highest BCUT2D eigenvalue weighted by Crippen LogP contribution is 2.31. The molecule has 0 aliphatic carbocycles. The summed E-state index contributed by atoms with van der Waals surface area (Å²) in [7, 11) is 0. The highest BCUT2D eigenvalue weighted by atomic mass is 19.1. The van der Waals surface area contributed by atoms with E-state index in [-0.39, 0.29) is 17.8 Å². The molecule has 1 atom stereocenters. The second kappa shape index (κ2) is 7.34. The van der Waals surface area contributed by atoms with Crippen LogP contribution in [0.15, 0.2) is 48.7 Å². The molecule has 6 nitrogen and oxygen atoms in total. The maximum Gasteiger partial charge on any atom is 0.251 e. The van der Waals surface area contributed by atoms with Crippen molar-refractivity contribution in [3.8, 4) is 17.2 Å². The van der Waals surface area contributed by atoms with Gasteiger partial charge in [0.15, 0.2) is 11.5 Å². The number of halogens is 1. The van der Waals surface area contributed by atoms with Crippen molar-refractivity contribution in [3.05, 3.63) is 71.3 Å². The van der Waals surface area contributed by atoms with Crippen LogP contribution in [0.25, 0.3) is 5.69 Å². The van der Waals surface area contributed by atoms with Crippen molar-refractivity contribution < 1.29 is 18.7 Å². The van der Waals surface area contributed by atoms with Gasteiger partial charge in [-0.2, -0.15) is 5.10 Å². The van der Waals surface area contributed by atoms with Crippen molar-refractivity contribution in [1.82, 2.24) is 15.1 Å². The quantitative estimate of drug-likeness (QED) is 0.750. The number of nitrogens with zero attached hydrogens (tertiary/aromatic N) is 2. The van der Waals surface area contributed by atoms with Gasteiger partial charge in [-0.15, -0.1) is 0 Å². The molecule has 28 heavy (non-hydrogen) atoms. The van der Waals surface area contributed by atoms with Gasteiger partial charge in [-0.25, -0.2) is 9.07 Å². The monoisotopic (exact) mass is 381 g/mol. The fourth-order valence-electron chi connectivity index (χ4n) is 3.23. The Morgan fingerprint density at radius 1 is 1.14 bits per heavy atom. The average Bonchev–Trinajstić information content (AvgIpc) is 3.09. The summed E-state index contributed by atoms with van der Waals surface area (Å²) in [6.45, 7) is 4.79. The Balaban J connectivity index is 1.51. The molecule has 0 saturated carbocycles. The standard InChI is InChI=1S/C21H20FN3O3/c1-13(18-12-23-25(14(18)2)17-6-4-16(22)5-7-17)24-21(26)15-3-8-19-20(11-15)28-10-9-27-19/h3-8,11-13H,9-10H2,1-2H3,(H,24,26). The number of fused-ring (bicyclic) bond motifs is 1. The number of nitrogens with one attached hydrogen (secondary N) is 1. The zero-order valence-electron chi connectivity index (χ0n) is 15.6. The number of carbonyl (C=O) groups excluding carboxylic acids is 1. The van der Waals surface area contributed by atoms with Crippen molar-refractivity contribution in [1.29, 1.82) is 0 Å². The van der Waals surface area contributed by atoms with Gasteiger partial charge in [0.2, 0.25) is 0 Å². The first kappa shape index (κ1) is 18.0. The molecule has 2 aromatic carbocycles. The van der Waals surface area contributed by atoms with E-state index in [0.29, 0.717) is 30.3 Å². The van der Waals surface area contributed by atoms with Crippen LogP contribution in [-0.4, -0.2) is 28.9 Å². The smallest absolute Gasteiger partial charge is 0.251 e. The summed E-state index contributed by atoms with van der Waals surface area (Å²) in [5, 5.41) is 7.37. The maximum atomic E-state index is 13.2. The van der Waals surface area contributed by atoms with E-state index in [0.717, 1.165) is 16.9 Å². The SMILES string of the molecule is Cc1c(C(C)NC(=O)c2ccc3c(c2)OCCO3)cnn1-c1ccc(F)cc1. The molecule has 0 spiro atoms. The summed E-state index contributed by atoms with van der Waals surface area (Å²) >= 11 is 0. The molecule has 1 aliphatic rings. The van der Waals surface area contributed by atoms with Gasteiger partial charge < -0.3 is 14.8 Å². The number of hydrogen-bond donors (Lipinski definition) is 1. The van der Waals surface area contributed by atoms with Crippen LogP contribution >= 0.6 is 0 Å². The first-order valence-electron chi connectivity index (χ1n) is 9.04. The summed E-state index contributed by atoms with van der Waals surface area (Å²) in [5.41, 5.74) is 3.02. The molecule has 4 rings (SSSR count). The minimum atomic E-state index is -0.297. The lowest BCUT2D eigenvalue weighted by atomic mass is 10.1. The maximum absolute atomic E-state index is 13.2. The minimum Gasteiger partial charge on any atom is -0.486 e. The molecule has 1 unspecified atom stereocenters. The summed E-state index contributed by atoms with van der Waals surface area (Å²) < 4.78 is 25.9. The van der Waals surface area contributed by atoms with Crippen LogP contribution in [0.2, 0.25) is 0 Å². The third-order valence-electron chi connectivity index (χ3n) is 4.74. The van der Waals surface area contributed by atoms with Gasteiger partial charge in [-0.1, -0.05) is 0 Å². The van der Waals surface area contributed by atoms with E-state index in [4.69, 9.17) is 9.47 Å². The lowest BCUT2D eigenvalue weighted by Gasteiger charge is -2.19. The molecule has 3 aromatic rings. The summed E-state index contributed by atoms with van der Waals surface area (Å²) in [6, 6.07) is 11.0. The van der Waals surface area contributed by atoms with E-state index in [2.05, 4.69) is 10.4 Å². The first-order valence-corrected chi connectivity index (χ1v) is 9.04. The molecule has 144 valence electrons. The number of ether oxygens (including phenoxy) is 2. The second-order valence-electron chi connectivity index (χ2n) is 6.63. The lowest BCUT2D eigenvalue weighted by Crippen LogP contribution is -2.27. The molecule has 0 radical (unpaired) electrons. The summed E-state index contributed by atoms with van der Waals surface area (Å²) in [4.78, 5) is 12.7. The van der Waals surface area contributed by atoms with Crippen molar-refractivity contribution in [2.45, 2.75) is 19.9 Å². The highest BCUT2D eigenvalue weighted by molar-refractivity contribution is 5.95. The van der Waals surface area contributed by atoms with Crippen molar-refractivity contribution >= 4 is 5.91 Å². The van der Waals surface area contributed by atoms with Crippen LogP contribution in [0.5, 0.6) is 11.5 Å². The molecule has 0 bridgehead atoms. The van der Waals surface area contributed by atoms with Gasteiger partial charge >= 0.3 is 0 Å². The zero-order chi connectivity index (χ0) is 19.7. The van der Waals surface area contributed by atoms with Crippen LogP contribution in [0.1, 0.15) is 34.6 Å². The summed E-state index contributed by atoms with van der Waals surface area (Å²) in [5.74, 6) is 0.714. The Labute approximate surface area is 161 Å². The van der Waals surface area contributed by atoms with Gasteiger partial charge in [0.05, 0.1) is 17.9 Å². The average molecular weight is 381 g/mol. The van der Waals surface area contributed by atoms with Crippen molar-refractivity contribution in [3.63, 3.8) is 0 Å². The number of amides is 1. The Bertz CT molecular complexity index is 1010. The van der Waals surface area contributed by atoms with E-state index in [9.17, 15) is 9.18 Å². The van der Waals surface area contributed by atoms with E-state index < -0.39 is 0 Å². The lowest BCUT2D eigenvalue weighted by molar-refractivity contribution is 0.0938. The molecule has 2 heterocycles. The first-order chi connectivity index (χ1) is 13.5.